The van der Waals surface area contributed by atoms with Crippen LogP contribution in [0.25, 0.3) is 17.2 Å². The lowest BCUT2D eigenvalue weighted by atomic mass is 9.99. The van der Waals surface area contributed by atoms with E-state index in [4.69, 9.17) is 23.8 Å². The van der Waals surface area contributed by atoms with Crippen LogP contribution < -0.4 is 10.2 Å². The Bertz CT molecular complexity index is 1150. The van der Waals surface area contributed by atoms with Crippen LogP contribution in [0.5, 0.6) is 0 Å². The average molecular weight is 421 g/mol. The second kappa shape index (κ2) is 7.90. The predicted octanol–water partition coefficient (Wildman–Crippen LogP) is 3.63. The second-order valence-electron chi connectivity index (χ2n) is 6.15. The van der Waals surface area contributed by atoms with Gasteiger partial charge in [-0.25, -0.2) is 9.97 Å². The summed E-state index contributed by atoms with van der Waals surface area (Å²) in [5, 5.41) is 3.12. The molecule has 142 valence electrons. The van der Waals surface area contributed by atoms with E-state index in [9.17, 15) is 9.59 Å². The molecule has 0 spiro atoms. The molecular weight excluding hydrogens is 408 g/mol. The van der Waals surface area contributed by atoms with Crippen LogP contribution in [-0.2, 0) is 9.59 Å². The maximum Gasteiger partial charge on any atom is 0.270 e. The minimum Gasteiger partial charge on any atom is -0.298 e. The van der Waals surface area contributed by atoms with Gasteiger partial charge in [0.1, 0.15) is 11.9 Å². The highest BCUT2D eigenvalue weighted by atomic mass is 35.5. The van der Waals surface area contributed by atoms with Crippen LogP contribution in [0.1, 0.15) is 5.56 Å². The molecule has 1 aliphatic rings. The Labute approximate surface area is 176 Å². The number of hydrogen-bond acceptors (Lipinski definition) is 5. The lowest BCUT2D eigenvalue weighted by Gasteiger charge is -2.29. The normalized spacial score (nSPS) is 15.6. The Morgan fingerprint density at radius 3 is 2.41 bits per heavy atom. The van der Waals surface area contributed by atoms with E-state index in [1.54, 1.807) is 42.7 Å². The zero-order chi connectivity index (χ0) is 20.4. The molecule has 0 aliphatic carbocycles. The molecule has 0 saturated carbocycles. The van der Waals surface area contributed by atoms with Gasteiger partial charge in [0.2, 0.25) is 0 Å². The number of anilines is 1. The van der Waals surface area contributed by atoms with E-state index in [-0.39, 0.29) is 10.7 Å². The lowest BCUT2D eigenvalue weighted by molar-refractivity contribution is -0.122. The molecule has 1 N–H and O–H groups in total. The van der Waals surface area contributed by atoms with E-state index in [2.05, 4.69) is 15.3 Å². The highest BCUT2D eigenvalue weighted by molar-refractivity contribution is 7.80. The zero-order valence-electron chi connectivity index (χ0n) is 14.9. The summed E-state index contributed by atoms with van der Waals surface area (Å²) in [6.07, 6.45) is 6.32. The van der Waals surface area contributed by atoms with Gasteiger partial charge in [-0.2, -0.15) is 0 Å². The maximum absolute atomic E-state index is 13.1. The molecule has 3 aromatic rings. The number of halogens is 1. The van der Waals surface area contributed by atoms with Crippen LogP contribution in [0.4, 0.5) is 5.69 Å². The molecule has 1 aliphatic heterocycles. The van der Waals surface area contributed by atoms with Gasteiger partial charge in [-0.15, -0.1) is 0 Å². The van der Waals surface area contributed by atoms with E-state index in [1.165, 1.54) is 11.2 Å². The molecule has 2 heterocycles. The molecular formula is C21H13ClN4O2S. The van der Waals surface area contributed by atoms with Gasteiger partial charge < -0.3 is 0 Å². The molecule has 29 heavy (non-hydrogen) atoms. The number of carbonyl (C=O) groups excluding carboxylic acids is 2. The van der Waals surface area contributed by atoms with Gasteiger partial charge in [0.15, 0.2) is 5.11 Å². The van der Waals surface area contributed by atoms with Gasteiger partial charge in [-0.3, -0.25) is 19.8 Å². The van der Waals surface area contributed by atoms with Crippen molar-refractivity contribution in [3.63, 3.8) is 0 Å². The van der Waals surface area contributed by atoms with Crippen molar-refractivity contribution in [2.45, 2.75) is 0 Å². The van der Waals surface area contributed by atoms with Gasteiger partial charge in [0.25, 0.3) is 11.8 Å². The molecule has 1 aromatic heterocycles. The number of rotatable bonds is 3. The van der Waals surface area contributed by atoms with Crippen LogP contribution >= 0.6 is 23.8 Å². The minimum atomic E-state index is -0.552. The summed E-state index contributed by atoms with van der Waals surface area (Å²) in [6.45, 7) is 0. The zero-order valence-corrected chi connectivity index (χ0v) is 16.4. The van der Waals surface area contributed by atoms with E-state index in [1.807, 2.05) is 24.3 Å². The van der Waals surface area contributed by atoms with Crippen LogP contribution in [-0.4, -0.2) is 26.9 Å². The molecule has 2 amide bonds. The van der Waals surface area contributed by atoms with Crippen LogP contribution in [0.15, 0.2) is 72.8 Å². The summed E-state index contributed by atoms with van der Waals surface area (Å²) in [6, 6.07) is 14.0. The molecule has 1 fully saturated rings. The van der Waals surface area contributed by atoms with Gasteiger partial charge in [-0.05, 0) is 53.7 Å². The first kappa shape index (κ1) is 18.9. The highest BCUT2D eigenvalue weighted by Gasteiger charge is 2.34. The lowest BCUT2D eigenvalue weighted by Crippen LogP contribution is -2.54. The molecule has 1 saturated heterocycles. The van der Waals surface area contributed by atoms with E-state index in [0.29, 0.717) is 16.3 Å². The minimum absolute atomic E-state index is 0.0178. The standard InChI is InChI=1S/C21H13ClN4O2S/c22-15-5-7-16(8-6-15)26-20(28)18(19(27)25-21(26)29)9-13-3-1-2-4-17(13)14-10-23-12-24-11-14/h1-12H,(H,25,27,29). The predicted molar refractivity (Wildman–Crippen MR) is 115 cm³/mol. The topological polar surface area (TPSA) is 75.2 Å². The first-order chi connectivity index (χ1) is 14.0. The summed E-state index contributed by atoms with van der Waals surface area (Å²) in [5.74, 6) is -1.07. The summed E-state index contributed by atoms with van der Waals surface area (Å²) >= 11 is 11.1. The monoisotopic (exact) mass is 420 g/mol. The number of carbonyl (C=O) groups is 2. The van der Waals surface area contributed by atoms with Crippen LogP contribution in [0.3, 0.4) is 0 Å². The van der Waals surface area contributed by atoms with Gasteiger partial charge in [-0.1, -0.05) is 35.9 Å². The molecule has 8 heteroatoms. The number of nitrogens with zero attached hydrogens (tertiary/aromatic N) is 3. The van der Waals surface area contributed by atoms with Crippen molar-refractivity contribution in [2.75, 3.05) is 4.90 Å². The second-order valence-corrected chi connectivity index (χ2v) is 6.97. The Balaban J connectivity index is 1.78. The van der Waals surface area contributed by atoms with Gasteiger partial charge in [0.05, 0.1) is 5.69 Å². The van der Waals surface area contributed by atoms with E-state index < -0.39 is 11.8 Å². The number of thiocarbonyl (C=S) groups is 1. The summed E-state index contributed by atoms with van der Waals surface area (Å²) in [5.41, 5.74) is 2.74. The SMILES string of the molecule is O=C1NC(=S)N(c2ccc(Cl)cc2)C(=O)C1=Cc1ccccc1-c1cncnc1. The van der Waals surface area contributed by atoms with Crippen molar-refractivity contribution >= 4 is 52.5 Å². The summed E-state index contributed by atoms with van der Waals surface area (Å²) in [4.78, 5) is 35.0. The number of hydrogen-bond donors (Lipinski definition) is 1. The van der Waals surface area contributed by atoms with E-state index >= 15 is 0 Å². The summed E-state index contributed by atoms with van der Waals surface area (Å²) in [7, 11) is 0. The van der Waals surface area contributed by atoms with Crippen molar-refractivity contribution in [3.05, 3.63) is 83.4 Å². The van der Waals surface area contributed by atoms with Crippen molar-refractivity contribution in [3.8, 4) is 11.1 Å². The third-order valence-electron chi connectivity index (χ3n) is 4.32. The number of benzene rings is 2. The molecule has 4 rings (SSSR count). The molecule has 6 nitrogen and oxygen atoms in total. The maximum atomic E-state index is 13.1. The molecule has 0 radical (unpaired) electrons. The van der Waals surface area contributed by atoms with E-state index in [0.717, 1.165) is 11.1 Å². The fourth-order valence-corrected chi connectivity index (χ4v) is 3.37. The quantitative estimate of drug-likeness (QED) is 0.398. The largest absolute Gasteiger partial charge is 0.298 e. The third kappa shape index (κ3) is 3.78. The van der Waals surface area contributed by atoms with Crippen molar-refractivity contribution in [1.29, 1.82) is 0 Å². The van der Waals surface area contributed by atoms with Gasteiger partial charge in [0, 0.05) is 23.0 Å². The van der Waals surface area contributed by atoms with Crippen molar-refractivity contribution in [1.82, 2.24) is 15.3 Å². The first-order valence-corrected chi connectivity index (χ1v) is 9.34. The Hall–Kier alpha value is -3.42. The fourth-order valence-electron chi connectivity index (χ4n) is 2.96. The smallest absolute Gasteiger partial charge is 0.270 e. The average Bonchev–Trinajstić information content (AvgIpc) is 2.73. The van der Waals surface area contributed by atoms with Gasteiger partial charge >= 0.3 is 0 Å². The van der Waals surface area contributed by atoms with Crippen LogP contribution in [0, 0.1) is 0 Å². The highest BCUT2D eigenvalue weighted by Crippen LogP contribution is 2.27. The molecule has 0 bridgehead atoms. The number of nitrogens with one attached hydrogen (secondary N) is 1. The Morgan fingerprint density at radius 2 is 1.69 bits per heavy atom. The molecule has 0 unspecified atom stereocenters. The Kier molecular flexibility index (Phi) is 5.16. The number of amides is 2. The first-order valence-electron chi connectivity index (χ1n) is 8.56. The molecule has 2 aromatic carbocycles. The van der Waals surface area contributed by atoms with Crippen molar-refractivity contribution in [2.24, 2.45) is 0 Å². The fraction of sp³-hybridized carbons (Fsp3) is 0. The van der Waals surface area contributed by atoms with Crippen LogP contribution in [0.2, 0.25) is 5.02 Å². The molecule has 0 atom stereocenters. The third-order valence-corrected chi connectivity index (χ3v) is 4.86. The number of aromatic nitrogens is 2. The van der Waals surface area contributed by atoms with Crippen molar-refractivity contribution < 1.29 is 9.59 Å². The Morgan fingerprint density at radius 1 is 1.00 bits per heavy atom. The summed E-state index contributed by atoms with van der Waals surface area (Å²) < 4.78 is 0.